The van der Waals surface area contributed by atoms with E-state index in [4.69, 9.17) is 21.1 Å². The minimum Gasteiger partial charge on any atom is -0.507 e. The SMILES string of the molecule is COc1ccc(/C(O)=C2/C(=O)C(=O)N(c3ccc(Cl)cc3)C2c2ccc(OC)c(O)c2)cc1. The van der Waals surface area contributed by atoms with E-state index in [0.29, 0.717) is 27.6 Å². The molecule has 0 bridgehead atoms. The Morgan fingerprint density at radius 2 is 1.61 bits per heavy atom. The number of carbonyl (C=O) groups excluding carboxylic acids is 2. The number of hydrogen-bond donors (Lipinski definition) is 2. The van der Waals surface area contributed by atoms with Crippen LogP contribution in [0.3, 0.4) is 0 Å². The largest absolute Gasteiger partial charge is 0.507 e. The van der Waals surface area contributed by atoms with Gasteiger partial charge in [0, 0.05) is 16.3 Å². The highest BCUT2D eigenvalue weighted by molar-refractivity contribution is 6.51. The molecule has 1 fully saturated rings. The Kier molecular flexibility index (Phi) is 5.98. The molecule has 1 unspecified atom stereocenters. The summed E-state index contributed by atoms with van der Waals surface area (Å²) in [5.74, 6) is -1.36. The molecule has 7 nitrogen and oxygen atoms in total. The van der Waals surface area contributed by atoms with Crippen molar-refractivity contribution in [1.82, 2.24) is 0 Å². The average molecular weight is 466 g/mol. The van der Waals surface area contributed by atoms with E-state index in [0.717, 1.165) is 0 Å². The van der Waals surface area contributed by atoms with Crippen LogP contribution in [-0.4, -0.2) is 36.1 Å². The molecule has 8 heteroatoms. The molecule has 4 rings (SSSR count). The Morgan fingerprint density at radius 3 is 2.18 bits per heavy atom. The Labute approximate surface area is 195 Å². The molecule has 1 amide bonds. The van der Waals surface area contributed by atoms with Crippen molar-refractivity contribution in [3.63, 3.8) is 0 Å². The van der Waals surface area contributed by atoms with Crippen molar-refractivity contribution in [1.29, 1.82) is 0 Å². The summed E-state index contributed by atoms with van der Waals surface area (Å²) in [5.41, 5.74) is 1.06. The molecular formula is C25H20ClNO6. The number of aliphatic hydroxyl groups excluding tert-OH is 1. The molecule has 33 heavy (non-hydrogen) atoms. The first-order chi connectivity index (χ1) is 15.8. The number of phenols is 1. The van der Waals surface area contributed by atoms with Gasteiger partial charge in [-0.05, 0) is 66.2 Å². The van der Waals surface area contributed by atoms with Crippen LogP contribution in [0.5, 0.6) is 17.2 Å². The average Bonchev–Trinajstić information content (AvgIpc) is 3.09. The molecule has 0 saturated carbocycles. The molecule has 0 aliphatic carbocycles. The van der Waals surface area contributed by atoms with Crippen molar-refractivity contribution in [2.24, 2.45) is 0 Å². The third-order valence-corrected chi connectivity index (χ3v) is 5.68. The third-order valence-electron chi connectivity index (χ3n) is 5.43. The number of anilines is 1. The van der Waals surface area contributed by atoms with E-state index in [1.807, 2.05) is 0 Å². The molecular weight excluding hydrogens is 446 g/mol. The van der Waals surface area contributed by atoms with E-state index in [-0.39, 0.29) is 22.8 Å². The zero-order valence-electron chi connectivity index (χ0n) is 17.8. The molecule has 1 aliphatic heterocycles. The Hall–Kier alpha value is -3.97. The first-order valence-electron chi connectivity index (χ1n) is 9.93. The second-order valence-corrected chi connectivity index (χ2v) is 7.74. The number of ether oxygens (including phenoxy) is 2. The molecule has 0 aromatic heterocycles. The van der Waals surface area contributed by atoms with Gasteiger partial charge in [-0.15, -0.1) is 0 Å². The fourth-order valence-electron chi connectivity index (χ4n) is 3.80. The molecule has 3 aromatic rings. The number of methoxy groups -OCH3 is 2. The summed E-state index contributed by atoms with van der Waals surface area (Å²) in [6.45, 7) is 0. The lowest BCUT2D eigenvalue weighted by Crippen LogP contribution is -2.29. The first kappa shape index (κ1) is 22.2. The van der Waals surface area contributed by atoms with E-state index >= 15 is 0 Å². The van der Waals surface area contributed by atoms with Gasteiger partial charge in [-0.3, -0.25) is 14.5 Å². The number of nitrogens with zero attached hydrogens (tertiary/aromatic N) is 1. The Bertz CT molecular complexity index is 1250. The lowest BCUT2D eigenvalue weighted by atomic mass is 9.94. The summed E-state index contributed by atoms with van der Waals surface area (Å²) >= 11 is 6.00. The second kappa shape index (κ2) is 8.88. The molecule has 3 aromatic carbocycles. The van der Waals surface area contributed by atoms with Gasteiger partial charge < -0.3 is 19.7 Å². The van der Waals surface area contributed by atoms with E-state index < -0.39 is 17.7 Å². The maximum atomic E-state index is 13.1. The predicted molar refractivity (Wildman–Crippen MR) is 124 cm³/mol. The van der Waals surface area contributed by atoms with Gasteiger partial charge in [-0.2, -0.15) is 0 Å². The lowest BCUT2D eigenvalue weighted by molar-refractivity contribution is -0.132. The number of halogens is 1. The van der Waals surface area contributed by atoms with Crippen molar-refractivity contribution in [2.45, 2.75) is 6.04 Å². The zero-order chi connectivity index (χ0) is 23.7. The highest BCUT2D eigenvalue weighted by Gasteiger charge is 2.47. The van der Waals surface area contributed by atoms with Crippen molar-refractivity contribution in [3.05, 3.63) is 88.5 Å². The van der Waals surface area contributed by atoms with Crippen molar-refractivity contribution in [2.75, 3.05) is 19.1 Å². The highest BCUT2D eigenvalue weighted by atomic mass is 35.5. The van der Waals surface area contributed by atoms with Crippen LogP contribution in [-0.2, 0) is 9.59 Å². The number of amides is 1. The molecule has 2 N–H and O–H groups in total. The Balaban J connectivity index is 1.93. The van der Waals surface area contributed by atoms with Gasteiger partial charge in [0.15, 0.2) is 11.5 Å². The van der Waals surface area contributed by atoms with Crippen LogP contribution in [0, 0.1) is 0 Å². The maximum absolute atomic E-state index is 13.1. The lowest BCUT2D eigenvalue weighted by Gasteiger charge is -2.25. The first-order valence-corrected chi connectivity index (χ1v) is 10.3. The van der Waals surface area contributed by atoms with Crippen molar-refractivity contribution >= 4 is 34.7 Å². The van der Waals surface area contributed by atoms with Gasteiger partial charge in [0.05, 0.1) is 25.8 Å². The van der Waals surface area contributed by atoms with Crippen LogP contribution in [0.1, 0.15) is 17.2 Å². The monoisotopic (exact) mass is 465 g/mol. The molecule has 0 spiro atoms. The number of aromatic hydroxyl groups is 1. The van der Waals surface area contributed by atoms with Crippen LogP contribution in [0.15, 0.2) is 72.3 Å². The summed E-state index contributed by atoms with van der Waals surface area (Å²) in [6.07, 6.45) is 0. The summed E-state index contributed by atoms with van der Waals surface area (Å²) in [6, 6.07) is 16.4. The molecule has 168 valence electrons. The predicted octanol–water partition coefficient (Wildman–Crippen LogP) is 4.69. The number of benzene rings is 3. The summed E-state index contributed by atoms with van der Waals surface area (Å²) in [7, 11) is 2.93. The number of phenolic OH excluding ortho intramolecular Hbond substituents is 1. The van der Waals surface area contributed by atoms with Crippen molar-refractivity contribution < 1.29 is 29.3 Å². The number of hydrogen-bond acceptors (Lipinski definition) is 6. The van der Waals surface area contributed by atoms with E-state index in [9.17, 15) is 19.8 Å². The normalized spacial score (nSPS) is 17.3. The van der Waals surface area contributed by atoms with Gasteiger partial charge in [0.2, 0.25) is 0 Å². The van der Waals surface area contributed by atoms with Crippen molar-refractivity contribution in [3.8, 4) is 17.2 Å². The van der Waals surface area contributed by atoms with Crippen LogP contribution >= 0.6 is 11.6 Å². The van der Waals surface area contributed by atoms with Gasteiger partial charge >= 0.3 is 0 Å². The van der Waals surface area contributed by atoms with Crippen LogP contribution < -0.4 is 14.4 Å². The molecule has 1 saturated heterocycles. The number of aliphatic hydroxyl groups is 1. The van der Waals surface area contributed by atoms with Crippen LogP contribution in [0.2, 0.25) is 5.02 Å². The quantitative estimate of drug-likeness (QED) is 0.322. The van der Waals surface area contributed by atoms with Gasteiger partial charge in [0.1, 0.15) is 11.5 Å². The molecule has 1 heterocycles. The standard InChI is InChI=1S/C25H20ClNO6/c1-32-18-10-3-14(4-11-18)23(29)21-22(15-5-12-20(33-2)19(28)13-15)27(25(31)24(21)30)17-8-6-16(26)7-9-17/h3-13,22,28-29H,1-2H3/b23-21-. The highest BCUT2D eigenvalue weighted by Crippen LogP contribution is 2.44. The van der Waals surface area contributed by atoms with Gasteiger partial charge in [0.25, 0.3) is 11.7 Å². The topological polar surface area (TPSA) is 96.3 Å². The Morgan fingerprint density at radius 1 is 0.939 bits per heavy atom. The minimum atomic E-state index is -0.995. The van der Waals surface area contributed by atoms with Crippen LogP contribution in [0.4, 0.5) is 5.69 Å². The number of carbonyl (C=O) groups is 2. The maximum Gasteiger partial charge on any atom is 0.300 e. The minimum absolute atomic E-state index is 0.107. The van der Waals surface area contributed by atoms with E-state index in [2.05, 4.69) is 0 Å². The fraction of sp³-hybridized carbons (Fsp3) is 0.120. The smallest absolute Gasteiger partial charge is 0.300 e. The van der Waals surface area contributed by atoms with E-state index in [1.165, 1.54) is 31.3 Å². The molecule has 0 radical (unpaired) electrons. The second-order valence-electron chi connectivity index (χ2n) is 7.31. The van der Waals surface area contributed by atoms with Crippen LogP contribution in [0.25, 0.3) is 5.76 Å². The number of rotatable bonds is 5. The third kappa shape index (κ3) is 3.99. The van der Waals surface area contributed by atoms with Gasteiger partial charge in [-0.25, -0.2) is 0 Å². The molecule has 1 atom stereocenters. The number of Topliss-reactive ketones (excluding diaryl/α,β-unsaturated/α-hetero) is 1. The summed E-state index contributed by atoms with van der Waals surface area (Å²) in [4.78, 5) is 27.5. The zero-order valence-corrected chi connectivity index (χ0v) is 18.5. The summed E-state index contributed by atoms with van der Waals surface area (Å²) in [5, 5.41) is 21.9. The molecule has 1 aliphatic rings. The number of ketones is 1. The van der Waals surface area contributed by atoms with Gasteiger partial charge in [-0.1, -0.05) is 17.7 Å². The fourth-order valence-corrected chi connectivity index (χ4v) is 3.92. The van der Waals surface area contributed by atoms with E-state index in [1.54, 1.807) is 54.6 Å². The summed E-state index contributed by atoms with van der Waals surface area (Å²) < 4.78 is 10.3.